The normalized spacial score (nSPS) is 9.55. The molecule has 0 aliphatic rings. The van der Waals surface area contributed by atoms with E-state index in [1.165, 1.54) is 6.20 Å². The summed E-state index contributed by atoms with van der Waals surface area (Å²) < 4.78 is 0. The quantitative estimate of drug-likeness (QED) is 0.378. The molecule has 1 aromatic heterocycles. The summed E-state index contributed by atoms with van der Waals surface area (Å²) in [6, 6.07) is 3.25. The van der Waals surface area contributed by atoms with Crippen LogP contribution in [0.15, 0.2) is 18.3 Å². The Hall–Kier alpha value is -0.825. The third kappa shape index (κ3) is 1.81. The van der Waals surface area contributed by atoms with Gasteiger partial charge in [0.15, 0.2) is 5.78 Å². The molecule has 54 valence electrons. The maximum Gasteiger partial charge on any atom is 0.157 e. The van der Waals surface area contributed by atoms with Gasteiger partial charge in [-0.1, -0.05) is 11.6 Å². The highest BCUT2D eigenvalue weighted by Crippen LogP contribution is 2.12. The van der Waals surface area contributed by atoms with Crippen molar-refractivity contribution in [1.29, 1.82) is 0 Å². The predicted octanol–water partition coefficient (Wildman–Crippen LogP) is 1.50. The molecule has 11 heavy (non-hydrogen) atoms. The molecule has 0 unspecified atom stereocenters. The zero-order chi connectivity index (χ0) is 8.27. The lowest BCUT2D eigenvalue weighted by Gasteiger charge is -1.97. The minimum atomic E-state index is -0.192. The zero-order valence-electron chi connectivity index (χ0n) is 5.75. The fourth-order valence-corrected chi connectivity index (χ4v) is 0.929. The molecule has 0 N–H and O–H groups in total. The molecule has 0 amide bonds. The molecule has 0 spiro atoms. The Morgan fingerprint density at radius 3 is 3.00 bits per heavy atom. The Balaban J connectivity index is 3.03. The van der Waals surface area contributed by atoms with Crippen molar-refractivity contribution < 1.29 is 4.79 Å². The van der Waals surface area contributed by atoms with E-state index >= 15 is 0 Å². The molecular weight excluding hydrogens is 160 g/mol. The molecule has 0 saturated heterocycles. The Morgan fingerprint density at radius 1 is 1.73 bits per heavy atom. The van der Waals surface area contributed by atoms with E-state index in [9.17, 15) is 4.79 Å². The zero-order valence-corrected chi connectivity index (χ0v) is 6.51. The summed E-state index contributed by atoms with van der Waals surface area (Å²) in [5.41, 5.74) is 0.386. The number of carbonyl (C=O) groups excluding carboxylic acids is 1. The monoisotopic (exact) mass is 165 g/mol. The fourth-order valence-electron chi connectivity index (χ4n) is 0.704. The second-order valence-electron chi connectivity index (χ2n) is 1.97. The maximum absolute atomic E-state index is 11.0. The van der Waals surface area contributed by atoms with Crippen LogP contribution in [0.3, 0.4) is 0 Å². The molecule has 2 radical (unpaired) electrons. The lowest BCUT2D eigenvalue weighted by atomic mass is 9.97. The SMILES string of the molecule is [B]CC(=O)c1cccnc1Cl. The molecule has 0 saturated carbocycles. The molecule has 2 nitrogen and oxygen atoms in total. The van der Waals surface area contributed by atoms with E-state index in [4.69, 9.17) is 19.4 Å². The Morgan fingerprint density at radius 2 is 2.45 bits per heavy atom. The Kier molecular flexibility index (Phi) is 2.66. The number of halogens is 1. The number of carbonyl (C=O) groups is 1. The van der Waals surface area contributed by atoms with Gasteiger partial charge in [0.25, 0.3) is 0 Å². The maximum atomic E-state index is 11.0. The van der Waals surface area contributed by atoms with Crippen LogP contribution in [0.2, 0.25) is 11.5 Å². The number of hydrogen-bond acceptors (Lipinski definition) is 2. The summed E-state index contributed by atoms with van der Waals surface area (Å²) >= 11 is 5.61. The van der Waals surface area contributed by atoms with E-state index in [1.54, 1.807) is 12.1 Å². The minimum absolute atomic E-state index is 0.0363. The van der Waals surface area contributed by atoms with Crippen LogP contribution < -0.4 is 0 Å². The summed E-state index contributed by atoms with van der Waals surface area (Å²) in [4.78, 5) is 14.7. The number of nitrogens with zero attached hydrogens (tertiary/aromatic N) is 1. The lowest BCUT2D eigenvalue weighted by molar-refractivity contribution is 0.101. The van der Waals surface area contributed by atoms with Gasteiger partial charge < -0.3 is 0 Å². The summed E-state index contributed by atoms with van der Waals surface area (Å²) in [5.74, 6) is -0.192. The lowest BCUT2D eigenvalue weighted by Crippen LogP contribution is -1.98. The van der Waals surface area contributed by atoms with Gasteiger partial charge >= 0.3 is 0 Å². The Labute approximate surface area is 71.0 Å². The van der Waals surface area contributed by atoms with Gasteiger partial charge in [0.2, 0.25) is 0 Å². The average molecular weight is 165 g/mol. The van der Waals surface area contributed by atoms with E-state index in [0.717, 1.165) is 0 Å². The largest absolute Gasteiger partial charge is 0.295 e. The van der Waals surface area contributed by atoms with Gasteiger partial charge in [0.05, 0.1) is 13.4 Å². The second kappa shape index (κ2) is 3.53. The van der Waals surface area contributed by atoms with Gasteiger partial charge in [-0.2, -0.15) is 0 Å². The molecule has 4 heteroatoms. The summed E-state index contributed by atoms with van der Waals surface area (Å²) in [6.07, 6.45) is 1.49. The predicted molar refractivity (Wildman–Crippen MR) is 44.1 cm³/mol. The van der Waals surface area contributed by atoms with Crippen molar-refractivity contribution in [1.82, 2.24) is 4.98 Å². The first-order chi connectivity index (χ1) is 5.25. The number of rotatable bonds is 2. The molecule has 0 atom stereocenters. The van der Waals surface area contributed by atoms with Crippen molar-refractivity contribution in [2.45, 2.75) is 6.32 Å². The number of aromatic nitrogens is 1. The molecule has 1 heterocycles. The molecular formula is C7H5BClNO. The topological polar surface area (TPSA) is 30.0 Å². The number of pyridine rings is 1. The van der Waals surface area contributed by atoms with Gasteiger partial charge in [-0.25, -0.2) is 4.98 Å². The van der Waals surface area contributed by atoms with Gasteiger partial charge in [0, 0.05) is 6.20 Å². The molecule has 0 aromatic carbocycles. The van der Waals surface area contributed by atoms with Crippen molar-refractivity contribution in [3.63, 3.8) is 0 Å². The van der Waals surface area contributed by atoms with Crippen LogP contribution in [-0.4, -0.2) is 18.6 Å². The van der Waals surface area contributed by atoms with Crippen LogP contribution in [0.5, 0.6) is 0 Å². The van der Waals surface area contributed by atoms with Crippen LogP contribution in [0.1, 0.15) is 10.4 Å². The molecule has 1 rings (SSSR count). The van der Waals surface area contributed by atoms with Gasteiger partial charge in [-0.3, -0.25) is 4.79 Å². The van der Waals surface area contributed by atoms with Crippen molar-refractivity contribution in [2.75, 3.05) is 0 Å². The molecule has 0 aliphatic heterocycles. The van der Waals surface area contributed by atoms with E-state index in [1.807, 2.05) is 0 Å². The van der Waals surface area contributed by atoms with Crippen LogP contribution in [-0.2, 0) is 0 Å². The van der Waals surface area contributed by atoms with Gasteiger partial charge in [0.1, 0.15) is 5.15 Å². The van der Waals surface area contributed by atoms with E-state index in [2.05, 4.69) is 4.98 Å². The first-order valence-electron chi connectivity index (χ1n) is 3.09. The summed E-state index contributed by atoms with van der Waals surface area (Å²) in [7, 11) is 5.14. The number of Topliss-reactive ketones (excluding diaryl/α,β-unsaturated/α-hetero) is 1. The average Bonchev–Trinajstić information content (AvgIpc) is 2.04. The first kappa shape index (κ1) is 8.27. The highest BCUT2D eigenvalue weighted by atomic mass is 35.5. The third-order valence-corrected chi connectivity index (χ3v) is 1.55. The standard InChI is InChI=1S/C7H5BClNO/c8-4-6(11)5-2-1-3-10-7(5)9/h1-3H,4H2. The van der Waals surface area contributed by atoms with Gasteiger partial charge in [-0.15, -0.1) is 0 Å². The van der Waals surface area contributed by atoms with Crippen LogP contribution in [0.4, 0.5) is 0 Å². The smallest absolute Gasteiger partial charge is 0.157 e. The van der Waals surface area contributed by atoms with E-state index < -0.39 is 0 Å². The van der Waals surface area contributed by atoms with Crippen molar-refractivity contribution in [2.24, 2.45) is 0 Å². The molecule has 0 aliphatic carbocycles. The van der Waals surface area contributed by atoms with Gasteiger partial charge in [-0.05, 0) is 18.5 Å². The molecule has 0 bridgehead atoms. The van der Waals surface area contributed by atoms with Crippen molar-refractivity contribution in [3.8, 4) is 0 Å². The number of hydrogen-bond donors (Lipinski definition) is 0. The van der Waals surface area contributed by atoms with E-state index in [-0.39, 0.29) is 17.3 Å². The number of ketones is 1. The third-order valence-electron chi connectivity index (χ3n) is 1.24. The van der Waals surface area contributed by atoms with E-state index in [0.29, 0.717) is 5.56 Å². The van der Waals surface area contributed by atoms with Crippen LogP contribution >= 0.6 is 11.6 Å². The summed E-state index contributed by atoms with van der Waals surface area (Å²) in [5, 5.41) is 0.211. The van der Waals surface area contributed by atoms with Crippen LogP contribution in [0, 0.1) is 0 Å². The molecule has 0 fully saturated rings. The minimum Gasteiger partial charge on any atom is -0.295 e. The Bertz CT molecular complexity index is 277. The van der Waals surface area contributed by atoms with Crippen LogP contribution in [0.25, 0.3) is 0 Å². The second-order valence-corrected chi connectivity index (χ2v) is 2.33. The van der Waals surface area contributed by atoms with Crippen molar-refractivity contribution >= 4 is 25.2 Å². The summed E-state index contributed by atoms with van der Waals surface area (Å²) in [6.45, 7) is 0. The molecule has 1 aromatic rings. The highest BCUT2D eigenvalue weighted by molar-refractivity contribution is 6.34. The van der Waals surface area contributed by atoms with Crippen molar-refractivity contribution in [3.05, 3.63) is 29.0 Å². The first-order valence-corrected chi connectivity index (χ1v) is 3.47. The fraction of sp³-hybridized carbons (Fsp3) is 0.143. The highest BCUT2D eigenvalue weighted by Gasteiger charge is 2.06.